The van der Waals surface area contributed by atoms with Gasteiger partial charge in [0.1, 0.15) is 0 Å². The second-order valence-corrected chi connectivity index (χ2v) is 19.9. The average molecular weight is 677 g/mol. The van der Waals surface area contributed by atoms with Crippen LogP contribution in [0.1, 0.15) is 43.4 Å². The van der Waals surface area contributed by atoms with Gasteiger partial charge in [0, 0.05) is 11.1 Å². The fourth-order valence-electron chi connectivity index (χ4n) is 4.20. The Morgan fingerprint density at radius 3 is 1.26 bits per heavy atom. The number of esters is 2. The van der Waals surface area contributed by atoms with Gasteiger partial charge in [0.2, 0.25) is 0 Å². The largest absolute Gasteiger partial charge is 0.462 e. The van der Waals surface area contributed by atoms with Crippen molar-refractivity contribution in [3.05, 3.63) is 132 Å². The maximum atomic E-state index is 11.5. The minimum Gasteiger partial charge on any atom is -0.462 e. The monoisotopic (exact) mass is 676 g/mol. The summed E-state index contributed by atoms with van der Waals surface area (Å²) in [6, 6.07) is 32.0. The highest BCUT2D eigenvalue weighted by molar-refractivity contribution is 6.71. The third kappa shape index (κ3) is 17.8. The molecule has 0 amide bonds. The normalized spacial score (nSPS) is 11.2. The van der Waals surface area contributed by atoms with Crippen LogP contribution in [0.2, 0.25) is 31.7 Å². The number of benzene rings is 3. The van der Waals surface area contributed by atoms with Crippen molar-refractivity contribution in [2.45, 2.75) is 78.2 Å². The summed E-state index contributed by atoms with van der Waals surface area (Å²) in [5.74, 6) is -0.663. The molecule has 0 unspecified atom stereocenters. The topological polar surface area (TPSA) is 80.3 Å². The van der Waals surface area contributed by atoms with E-state index in [2.05, 4.69) is 44.9 Å². The zero-order valence-corrected chi connectivity index (χ0v) is 30.8. The lowest BCUT2D eigenvalue weighted by Crippen LogP contribution is -2.38. The molecule has 0 aromatic heterocycles. The van der Waals surface area contributed by atoms with Crippen LogP contribution in [0.15, 0.2) is 115 Å². The number of carbonyl (C=O) groups is 2. The van der Waals surface area contributed by atoms with Crippen LogP contribution in [-0.2, 0) is 52.2 Å². The minimum absolute atomic E-state index is 0.310. The van der Waals surface area contributed by atoms with Crippen molar-refractivity contribution in [3.8, 4) is 0 Å². The Bertz CT molecular complexity index is 1320. The fourth-order valence-corrected chi connectivity index (χ4v) is 8.00. The van der Waals surface area contributed by atoms with E-state index in [0.29, 0.717) is 50.6 Å². The molecule has 0 aliphatic carbocycles. The van der Waals surface area contributed by atoms with Gasteiger partial charge in [-0.3, -0.25) is 0 Å². The molecular formula is C38H52O7Si2. The van der Waals surface area contributed by atoms with E-state index in [0.717, 1.165) is 29.6 Å². The second kappa shape index (κ2) is 21.3. The van der Waals surface area contributed by atoms with Crippen molar-refractivity contribution in [2.24, 2.45) is 0 Å². The molecule has 0 aliphatic rings. The lowest BCUT2D eigenvalue weighted by Gasteiger charge is -2.27. The van der Waals surface area contributed by atoms with Crippen LogP contribution in [0.3, 0.4) is 0 Å². The fraction of sp³-hybridized carbons (Fsp3) is 0.368. The van der Waals surface area contributed by atoms with E-state index in [1.807, 2.05) is 78.9 Å². The van der Waals surface area contributed by atoms with Crippen molar-refractivity contribution in [2.75, 3.05) is 13.2 Å². The first-order chi connectivity index (χ1) is 22.4. The van der Waals surface area contributed by atoms with Crippen LogP contribution >= 0.6 is 0 Å². The molecular weight excluding hydrogens is 625 g/mol. The van der Waals surface area contributed by atoms with Gasteiger partial charge in [-0.25, -0.2) is 9.59 Å². The number of rotatable bonds is 19. The lowest BCUT2D eigenvalue weighted by molar-refractivity contribution is -0.139. The van der Waals surface area contributed by atoms with Gasteiger partial charge < -0.3 is 22.8 Å². The predicted molar refractivity (Wildman–Crippen MR) is 193 cm³/mol. The molecule has 3 aromatic carbocycles. The first-order valence-electron chi connectivity index (χ1n) is 16.1. The third-order valence-electron chi connectivity index (χ3n) is 7.11. The summed E-state index contributed by atoms with van der Waals surface area (Å²) >= 11 is 0. The maximum absolute atomic E-state index is 11.5. The highest BCUT2D eigenvalue weighted by Crippen LogP contribution is 2.21. The second-order valence-electron chi connectivity index (χ2n) is 12.3. The third-order valence-corrected chi connectivity index (χ3v) is 12.4. The smallest absolute Gasteiger partial charge is 0.335 e. The first kappa shape index (κ1) is 39.6. The summed E-state index contributed by atoms with van der Waals surface area (Å²) in [6.07, 6.45) is 1.54. The molecule has 3 aromatic rings. The molecule has 47 heavy (non-hydrogen) atoms. The van der Waals surface area contributed by atoms with Crippen molar-refractivity contribution < 1.29 is 32.3 Å². The molecule has 0 spiro atoms. The lowest BCUT2D eigenvalue weighted by atomic mass is 10.2. The summed E-state index contributed by atoms with van der Waals surface area (Å²) in [4.78, 5) is 22.8. The molecule has 0 atom stereocenters. The zero-order valence-electron chi connectivity index (χ0n) is 28.8. The molecule has 0 N–H and O–H groups in total. The summed E-state index contributed by atoms with van der Waals surface area (Å²) in [6.45, 7) is 19.4. The van der Waals surface area contributed by atoms with Gasteiger partial charge >= 0.3 is 20.5 Å². The Hall–Kier alpha value is -3.61. The average Bonchev–Trinajstić information content (AvgIpc) is 3.07. The summed E-state index contributed by atoms with van der Waals surface area (Å²) in [5.41, 5.74) is 4.29. The molecule has 3 rings (SSSR count). The Balaban J connectivity index is 0.000000343. The van der Waals surface area contributed by atoms with Gasteiger partial charge in [0.15, 0.2) is 8.32 Å². The van der Waals surface area contributed by atoms with E-state index in [1.165, 1.54) is 5.56 Å². The van der Waals surface area contributed by atoms with Gasteiger partial charge in [-0.05, 0) is 75.1 Å². The number of carbonyl (C=O) groups excluding carboxylic acids is 2. The molecule has 0 aliphatic heterocycles. The molecule has 0 radical (unpaired) electrons. The quantitative estimate of drug-likeness (QED) is 0.0543. The Morgan fingerprint density at radius 1 is 0.553 bits per heavy atom. The van der Waals surface area contributed by atoms with Crippen LogP contribution in [0.4, 0.5) is 0 Å². The van der Waals surface area contributed by atoms with Crippen molar-refractivity contribution in [1.29, 1.82) is 0 Å². The summed E-state index contributed by atoms with van der Waals surface area (Å²) in [7, 11) is -4.13. The van der Waals surface area contributed by atoms with E-state index in [-0.39, 0.29) is 11.9 Å². The highest BCUT2D eigenvalue weighted by atomic mass is 28.4. The van der Waals surface area contributed by atoms with Crippen LogP contribution in [0, 0.1) is 0 Å². The molecule has 0 saturated heterocycles. The van der Waals surface area contributed by atoms with Gasteiger partial charge in [-0.1, -0.05) is 104 Å². The van der Waals surface area contributed by atoms with Crippen molar-refractivity contribution >= 4 is 28.8 Å². The molecule has 254 valence electrons. The van der Waals surface area contributed by atoms with E-state index in [1.54, 1.807) is 13.8 Å². The number of ether oxygens (including phenoxy) is 2. The predicted octanol–water partition coefficient (Wildman–Crippen LogP) is 8.92. The molecule has 0 saturated carbocycles. The zero-order chi connectivity index (χ0) is 34.5. The summed E-state index contributed by atoms with van der Waals surface area (Å²) < 4.78 is 28.8. The highest BCUT2D eigenvalue weighted by Gasteiger charge is 2.31. The van der Waals surface area contributed by atoms with Crippen LogP contribution in [-0.4, -0.2) is 42.0 Å². The van der Waals surface area contributed by atoms with Crippen LogP contribution in [0.5, 0.6) is 0 Å². The molecule has 9 heteroatoms. The molecule has 0 bridgehead atoms. The van der Waals surface area contributed by atoms with E-state index in [4.69, 9.17) is 22.8 Å². The Labute approximate surface area is 283 Å². The van der Waals surface area contributed by atoms with E-state index in [9.17, 15) is 9.59 Å². The maximum Gasteiger partial charge on any atom is 0.335 e. The molecule has 0 heterocycles. The number of hydrogen-bond acceptors (Lipinski definition) is 7. The van der Waals surface area contributed by atoms with Gasteiger partial charge in [0.05, 0.1) is 33.0 Å². The van der Waals surface area contributed by atoms with E-state index < -0.39 is 16.9 Å². The molecule has 7 nitrogen and oxygen atoms in total. The van der Waals surface area contributed by atoms with Crippen molar-refractivity contribution in [1.82, 2.24) is 0 Å². The standard InChI is InChI=1S/C22H28O4Si.C16H24O3Si/c1-19(2)22(23)24-15-10-16-27(3,25-17-20-11-6-4-7-12-20)26-18-21-13-8-5-9-14-21;1-14(2)16(17)18-11-8-12-20(3,4)19-13-15-9-6-5-7-10-15/h4-9,11-14H,1,10,15-18H2,2-3H3;5-7,9-10H,1,8,11-13H2,2-4H3. The number of hydrogen-bond donors (Lipinski definition) is 0. The van der Waals surface area contributed by atoms with Crippen LogP contribution in [0.25, 0.3) is 0 Å². The van der Waals surface area contributed by atoms with Gasteiger partial charge in [0.25, 0.3) is 0 Å². The van der Waals surface area contributed by atoms with Crippen molar-refractivity contribution in [3.63, 3.8) is 0 Å². The minimum atomic E-state index is -2.43. The van der Waals surface area contributed by atoms with E-state index >= 15 is 0 Å². The summed E-state index contributed by atoms with van der Waals surface area (Å²) in [5, 5.41) is 0. The Kier molecular flexibility index (Phi) is 17.9. The van der Waals surface area contributed by atoms with Gasteiger partial charge in [-0.15, -0.1) is 0 Å². The Morgan fingerprint density at radius 2 is 0.894 bits per heavy atom. The van der Waals surface area contributed by atoms with Gasteiger partial charge in [-0.2, -0.15) is 0 Å². The van der Waals surface area contributed by atoms with Crippen LogP contribution < -0.4 is 0 Å². The molecule has 0 fully saturated rings. The first-order valence-corrected chi connectivity index (χ1v) is 21.7. The SMILES string of the molecule is C=C(C)C(=O)OCCC[Si](C)(C)OCc1ccccc1.C=C(C)C(=O)OCCC[Si](C)(OCc1ccccc1)OCc1ccccc1.